The van der Waals surface area contributed by atoms with Gasteiger partial charge in [-0.2, -0.15) is 0 Å². The van der Waals surface area contributed by atoms with Gasteiger partial charge in [0.15, 0.2) is 29.6 Å². The Morgan fingerprint density at radius 1 is 1.11 bits per heavy atom. The summed E-state index contributed by atoms with van der Waals surface area (Å²) < 4.78 is 13.2. The smallest absolute Gasteiger partial charge is 0.221 e. The van der Waals surface area contributed by atoms with E-state index in [9.17, 15) is 20.1 Å². The minimum atomic E-state index is -0.725. The third kappa shape index (κ3) is 2.58. The second kappa shape index (κ2) is 5.35. The molecule has 4 N–H and O–H groups in total. The highest BCUT2D eigenvalue weighted by atomic mass is 32.2. The lowest BCUT2D eigenvalue weighted by atomic mass is 10.1. The molecule has 2 aromatic carbocycles. The van der Waals surface area contributed by atoms with Crippen LogP contribution in [0.15, 0.2) is 29.1 Å². The van der Waals surface area contributed by atoms with Gasteiger partial charge in [0.2, 0.25) is 5.43 Å². The molecule has 0 aliphatic heterocycles. The fourth-order valence-electron chi connectivity index (χ4n) is 1.74. The first kappa shape index (κ1) is 13.5. The van der Waals surface area contributed by atoms with E-state index in [0.717, 1.165) is 6.07 Å². The van der Waals surface area contributed by atoms with Crippen molar-refractivity contribution in [2.45, 2.75) is 6.61 Å². The molecule has 0 aliphatic carbocycles. The van der Waals surface area contributed by atoms with Crippen molar-refractivity contribution < 1.29 is 24.1 Å². The van der Waals surface area contributed by atoms with Gasteiger partial charge in [0, 0.05) is 0 Å². The van der Waals surface area contributed by atoms with Gasteiger partial charge in [-0.15, -0.1) is 0 Å². The van der Waals surface area contributed by atoms with Gasteiger partial charge >= 0.3 is 0 Å². The Morgan fingerprint density at radius 2 is 1.84 bits per heavy atom. The Hall–Kier alpha value is -1.96. The summed E-state index contributed by atoms with van der Waals surface area (Å²) in [5.74, 6) is -1.66. The van der Waals surface area contributed by atoms with Crippen molar-refractivity contribution in [2.75, 3.05) is 0 Å². The molecule has 0 unspecified atom stereocenters. The van der Waals surface area contributed by atoms with E-state index in [1.165, 1.54) is 18.2 Å². The van der Waals surface area contributed by atoms with Gasteiger partial charge in [0.1, 0.15) is 0 Å². The number of hydrogen-bond acceptors (Lipinski definition) is 7. The Kier molecular flexibility index (Phi) is 3.79. The van der Waals surface area contributed by atoms with E-state index in [1.54, 1.807) is 0 Å². The summed E-state index contributed by atoms with van der Waals surface area (Å²) in [5, 5.41) is 29.1. The maximum atomic E-state index is 11.7. The van der Waals surface area contributed by atoms with E-state index in [-0.39, 0.29) is 24.3 Å². The maximum absolute atomic E-state index is 11.7. The Balaban J connectivity index is 2.79. The number of rotatable bonds is 3. The summed E-state index contributed by atoms with van der Waals surface area (Å²) in [6, 6.07) is 5.32. The summed E-state index contributed by atoms with van der Waals surface area (Å²) in [6.45, 7) is -0.0543. The average Bonchev–Trinajstić information content (AvgIpc) is 2.50. The minimum Gasteiger partial charge on any atom is -0.504 e. The maximum Gasteiger partial charge on any atom is 0.221 e. The fraction of sp³-hybridized carbons (Fsp3) is 0.0833. The first-order chi connectivity index (χ1) is 9.04. The number of phenolic OH excluding ortho intramolecular Hbond substituents is 2. The van der Waals surface area contributed by atoms with Crippen molar-refractivity contribution in [1.29, 1.82) is 0 Å². The molecule has 100 valence electrons. The average molecular weight is 282 g/mol. The molecular weight excluding hydrogens is 272 g/mol. The van der Waals surface area contributed by atoms with Crippen LogP contribution in [0, 0.1) is 0 Å². The van der Waals surface area contributed by atoms with E-state index in [2.05, 4.69) is 0 Å². The van der Waals surface area contributed by atoms with Gasteiger partial charge in [0.05, 0.1) is 12.0 Å². The van der Waals surface area contributed by atoms with Gasteiger partial charge in [-0.05, 0) is 29.1 Å². The summed E-state index contributed by atoms with van der Waals surface area (Å²) >= 11 is 0.160. The Bertz CT molecular complexity index is 685. The lowest BCUT2D eigenvalue weighted by molar-refractivity contribution is 0.334. The van der Waals surface area contributed by atoms with Crippen molar-refractivity contribution in [3.05, 3.63) is 40.1 Å². The predicted molar refractivity (Wildman–Crippen MR) is 70.2 cm³/mol. The number of aromatic hydroxyl groups is 3. The zero-order chi connectivity index (χ0) is 14.0. The molecule has 19 heavy (non-hydrogen) atoms. The first-order valence-electron chi connectivity index (χ1n) is 5.18. The van der Waals surface area contributed by atoms with Crippen LogP contribution in [0.1, 0.15) is 5.56 Å². The van der Waals surface area contributed by atoms with Crippen molar-refractivity contribution in [1.82, 2.24) is 0 Å². The van der Waals surface area contributed by atoms with Crippen molar-refractivity contribution in [3.8, 4) is 17.2 Å². The number of benzene rings is 1. The highest BCUT2D eigenvalue weighted by Gasteiger charge is 2.12. The van der Waals surface area contributed by atoms with Crippen LogP contribution < -0.4 is 5.43 Å². The molecule has 0 radical (unpaired) electrons. The molecule has 0 atom stereocenters. The number of phenols is 2. The quantitative estimate of drug-likeness (QED) is 0.503. The molecular formula is C12H10O6S. The molecule has 0 aromatic heterocycles. The normalized spacial score (nSPS) is 10.8. The van der Waals surface area contributed by atoms with Gasteiger partial charge in [-0.3, -0.25) is 8.98 Å². The number of fused-ring (bicyclic) bond motifs is 1. The molecule has 2 rings (SSSR count). The van der Waals surface area contributed by atoms with Gasteiger partial charge in [-0.1, -0.05) is 6.07 Å². The second-order valence-electron chi connectivity index (χ2n) is 3.81. The standard InChI is InChI=1S/C12H10O6S/c13-8-2-1-7-3-6(5-18-19-17)4-9(14)12(16)10(7)11(8)15/h1-4,13,15,17H,5H2,(H,14,16). The van der Waals surface area contributed by atoms with Crippen LogP contribution in [-0.2, 0) is 10.8 Å². The summed E-state index contributed by atoms with van der Waals surface area (Å²) in [7, 11) is 0. The predicted octanol–water partition coefficient (Wildman–Crippen LogP) is 1.95. The molecule has 7 heteroatoms. The minimum absolute atomic E-state index is 0.0543. The van der Waals surface area contributed by atoms with Crippen LogP contribution in [0.4, 0.5) is 0 Å². The van der Waals surface area contributed by atoms with Crippen LogP contribution >= 0.6 is 12.3 Å². The van der Waals surface area contributed by atoms with E-state index in [0.29, 0.717) is 10.9 Å². The zero-order valence-electron chi connectivity index (χ0n) is 9.53. The molecule has 0 aliphatic rings. The second-order valence-corrected chi connectivity index (χ2v) is 4.20. The van der Waals surface area contributed by atoms with Crippen molar-refractivity contribution >= 4 is 23.1 Å². The fourth-order valence-corrected chi connectivity index (χ4v) is 1.93. The molecule has 0 heterocycles. The topological polar surface area (TPSA) is 107 Å². The van der Waals surface area contributed by atoms with E-state index >= 15 is 0 Å². The lowest BCUT2D eigenvalue weighted by Crippen LogP contribution is -1.96. The van der Waals surface area contributed by atoms with Crippen LogP contribution in [0.5, 0.6) is 17.2 Å². The molecule has 0 spiro atoms. The molecule has 6 nitrogen and oxygen atoms in total. The van der Waals surface area contributed by atoms with E-state index in [4.69, 9.17) is 8.74 Å². The Morgan fingerprint density at radius 3 is 2.53 bits per heavy atom. The van der Waals surface area contributed by atoms with Crippen molar-refractivity contribution in [3.63, 3.8) is 0 Å². The van der Waals surface area contributed by atoms with Gasteiger partial charge in [0.25, 0.3) is 0 Å². The van der Waals surface area contributed by atoms with Crippen LogP contribution in [0.3, 0.4) is 0 Å². The highest BCUT2D eigenvalue weighted by Crippen LogP contribution is 2.36. The van der Waals surface area contributed by atoms with E-state index < -0.39 is 22.7 Å². The molecule has 0 amide bonds. The molecule has 0 fully saturated rings. The first-order valence-corrected chi connectivity index (χ1v) is 5.88. The molecule has 2 aromatic rings. The Labute approximate surface area is 111 Å². The largest absolute Gasteiger partial charge is 0.504 e. The SMILES string of the molecule is O=c1cc(COSO)cc2ccc(O)c(O)c2c1O. The van der Waals surface area contributed by atoms with E-state index in [1.807, 2.05) is 0 Å². The molecule has 0 saturated heterocycles. The van der Waals surface area contributed by atoms with Gasteiger partial charge < -0.3 is 19.9 Å². The van der Waals surface area contributed by atoms with Crippen LogP contribution in [-0.4, -0.2) is 19.9 Å². The number of hydrogen-bond donors (Lipinski definition) is 4. The zero-order valence-corrected chi connectivity index (χ0v) is 10.3. The highest BCUT2D eigenvalue weighted by molar-refractivity contribution is 7.88. The van der Waals surface area contributed by atoms with Gasteiger partial charge in [-0.25, -0.2) is 0 Å². The lowest BCUT2D eigenvalue weighted by Gasteiger charge is -2.01. The summed E-state index contributed by atoms with van der Waals surface area (Å²) in [4.78, 5) is 11.7. The monoisotopic (exact) mass is 282 g/mol. The third-order valence-electron chi connectivity index (χ3n) is 2.59. The third-order valence-corrected chi connectivity index (χ3v) is 2.82. The molecule has 0 bridgehead atoms. The van der Waals surface area contributed by atoms with Crippen LogP contribution in [0.25, 0.3) is 10.8 Å². The summed E-state index contributed by atoms with van der Waals surface area (Å²) in [6.07, 6.45) is 0. The molecule has 0 saturated carbocycles. The van der Waals surface area contributed by atoms with Crippen LogP contribution in [0.2, 0.25) is 0 Å². The summed E-state index contributed by atoms with van der Waals surface area (Å²) in [5.41, 5.74) is -0.320. The van der Waals surface area contributed by atoms with Crippen molar-refractivity contribution in [2.24, 2.45) is 0 Å².